The number of methoxy groups -OCH3 is 1. The molecule has 8 nitrogen and oxygen atoms in total. The molecular weight excluding hydrogens is 514 g/mol. The number of anilines is 3. The molecule has 37 heavy (non-hydrogen) atoms. The molecule has 3 rings (SSSR count). The first-order valence-electron chi connectivity index (χ1n) is 11.8. The molecule has 0 saturated heterocycles. The second kappa shape index (κ2) is 12.2. The second-order valence-electron chi connectivity index (χ2n) is 8.40. The van der Waals surface area contributed by atoms with Gasteiger partial charge in [0.15, 0.2) is 9.84 Å². The maximum absolute atomic E-state index is 13.2. The van der Waals surface area contributed by atoms with Crippen molar-refractivity contribution in [2.45, 2.75) is 31.8 Å². The summed E-state index contributed by atoms with van der Waals surface area (Å²) in [5.41, 5.74) is 8.97. The van der Waals surface area contributed by atoms with E-state index in [2.05, 4.69) is 24.1 Å². The Balaban J connectivity index is 1.90. The van der Waals surface area contributed by atoms with Crippen molar-refractivity contribution in [1.82, 2.24) is 0 Å². The van der Waals surface area contributed by atoms with Crippen molar-refractivity contribution in [3.63, 3.8) is 0 Å². The molecule has 1 amide bonds. The minimum Gasteiger partial charge on any atom is -0.494 e. The highest BCUT2D eigenvalue weighted by Gasteiger charge is 2.28. The lowest BCUT2D eigenvalue weighted by Gasteiger charge is -2.24. The molecule has 3 N–H and O–H groups in total. The first-order chi connectivity index (χ1) is 17.6. The lowest BCUT2D eigenvalue weighted by atomic mass is 10.1. The Morgan fingerprint density at radius 2 is 1.73 bits per heavy atom. The van der Waals surface area contributed by atoms with Gasteiger partial charge in [-0.2, -0.15) is 0 Å². The minimum absolute atomic E-state index is 0.0601. The highest BCUT2D eigenvalue weighted by atomic mass is 35.5. The molecule has 0 spiro atoms. The van der Waals surface area contributed by atoms with E-state index >= 15 is 0 Å². The number of nitrogens with one attached hydrogen (secondary N) is 1. The Kier molecular flexibility index (Phi) is 9.29. The van der Waals surface area contributed by atoms with Crippen molar-refractivity contribution in [1.29, 1.82) is 0 Å². The van der Waals surface area contributed by atoms with Crippen molar-refractivity contribution in [3.8, 4) is 5.75 Å². The largest absolute Gasteiger partial charge is 0.494 e. The first kappa shape index (κ1) is 28.1. The minimum atomic E-state index is -3.85. The molecule has 1 atom stereocenters. The summed E-state index contributed by atoms with van der Waals surface area (Å²) in [5.74, 6) is -0.0452. The molecule has 0 heterocycles. The van der Waals surface area contributed by atoms with Gasteiger partial charge in [-0.25, -0.2) is 13.2 Å². The zero-order chi connectivity index (χ0) is 27.2. The lowest BCUT2D eigenvalue weighted by Crippen LogP contribution is -2.25. The van der Waals surface area contributed by atoms with E-state index in [1.807, 2.05) is 19.1 Å². The zero-order valence-electron chi connectivity index (χ0n) is 21.3. The van der Waals surface area contributed by atoms with E-state index in [0.717, 1.165) is 24.3 Å². The Labute approximate surface area is 223 Å². The van der Waals surface area contributed by atoms with E-state index in [1.165, 1.54) is 31.4 Å². The SMILES string of the molecule is CCN(CC)c1cc(C)c(NC(=O)OC(CS(=O)(=O)c2ccc(Cl)cc2)c2ccccc2N)c(OC)c1. The van der Waals surface area contributed by atoms with E-state index in [9.17, 15) is 13.2 Å². The molecule has 0 aliphatic carbocycles. The monoisotopic (exact) mass is 545 g/mol. The predicted molar refractivity (Wildman–Crippen MR) is 148 cm³/mol. The summed E-state index contributed by atoms with van der Waals surface area (Å²) in [6.45, 7) is 7.60. The smallest absolute Gasteiger partial charge is 0.412 e. The van der Waals surface area contributed by atoms with Crippen molar-refractivity contribution in [2.75, 3.05) is 41.9 Å². The van der Waals surface area contributed by atoms with Gasteiger partial charge in [-0.05, 0) is 62.7 Å². The average molecular weight is 546 g/mol. The second-order valence-corrected chi connectivity index (χ2v) is 10.9. The molecule has 0 saturated carbocycles. The van der Waals surface area contributed by atoms with Gasteiger partial charge in [-0.15, -0.1) is 0 Å². The number of nitrogens with zero attached hydrogens (tertiary/aromatic N) is 1. The van der Waals surface area contributed by atoms with Gasteiger partial charge in [-0.1, -0.05) is 29.8 Å². The van der Waals surface area contributed by atoms with E-state index in [4.69, 9.17) is 26.8 Å². The Bertz CT molecular complexity index is 1340. The van der Waals surface area contributed by atoms with Crippen LogP contribution in [0, 0.1) is 6.92 Å². The van der Waals surface area contributed by atoms with Crippen molar-refractivity contribution >= 4 is 44.6 Å². The quantitative estimate of drug-likeness (QED) is 0.307. The summed E-state index contributed by atoms with van der Waals surface area (Å²) in [6.07, 6.45) is -2.00. The number of para-hydroxylation sites is 1. The van der Waals surface area contributed by atoms with Gasteiger partial charge in [0.1, 0.15) is 11.9 Å². The third-order valence-corrected chi connectivity index (χ3v) is 7.98. The van der Waals surface area contributed by atoms with Crippen LogP contribution in [0.15, 0.2) is 65.6 Å². The topological polar surface area (TPSA) is 111 Å². The van der Waals surface area contributed by atoms with Crippen LogP contribution < -0.4 is 20.7 Å². The zero-order valence-corrected chi connectivity index (χ0v) is 22.9. The molecular formula is C27H32ClN3O5S. The third kappa shape index (κ3) is 6.87. The van der Waals surface area contributed by atoms with E-state index < -0.39 is 27.8 Å². The van der Waals surface area contributed by atoms with Crippen molar-refractivity contribution < 1.29 is 22.7 Å². The summed E-state index contributed by atoms with van der Waals surface area (Å²) in [7, 11) is -2.33. The number of ether oxygens (including phenoxy) is 2. The molecule has 1 unspecified atom stereocenters. The summed E-state index contributed by atoms with van der Waals surface area (Å²) in [4.78, 5) is 15.3. The van der Waals surface area contributed by atoms with Crippen molar-refractivity contribution in [3.05, 3.63) is 76.8 Å². The third-order valence-electron chi connectivity index (χ3n) is 6.00. The molecule has 10 heteroatoms. The number of aryl methyl sites for hydroxylation is 1. The van der Waals surface area contributed by atoms with Crippen LogP contribution in [0.5, 0.6) is 5.75 Å². The predicted octanol–water partition coefficient (Wildman–Crippen LogP) is 5.85. The fourth-order valence-corrected chi connectivity index (χ4v) is 5.53. The first-order valence-corrected chi connectivity index (χ1v) is 13.9. The van der Waals surface area contributed by atoms with Crippen LogP contribution in [-0.2, 0) is 14.6 Å². The van der Waals surface area contributed by atoms with Crippen LogP contribution in [0.2, 0.25) is 5.02 Å². The molecule has 0 aliphatic rings. The van der Waals surface area contributed by atoms with Crippen LogP contribution in [0.4, 0.5) is 21.9 Å². The Morgan fingerprint density at radius 3 is 2.32 bits per heavy atom. The van der Waals surface area contributed by atoms with Crippen LogP contribution in [0.25, 0.3) is 0 Å². The number of nitrogens with two attached hydrogens (primary N) is 1. The number of nitrogen functional groups attached to an aromatic ring is 1. The Hall–Kier alpha value is -3.43. The summed E-state index contributed by atoms with van der Waals surface area (Å²) in [5, 5.41) is 3.14. The number of hydrogen-bond acceptors (Lipinski definition) is 7. The molecule has 0 bridgehead atoms. The van der Waals surface area contributed by atoms with Crippen LogP contribution in [0.3, 0.4) is 0 Å². The Morgan fingerprint density at radius 1 is 1.08 bits per heavy atom. The molecule has 3 aromatic carbocycles. The molecule has 3 aromatic rings. The lowest BCUT2D eigenvalue weighted by molar-refractivity contribution is 0.123. The van der Waals surface area contributed by atoms with Gasteiger partial charge in [0, 0.05) is 41.1 Å². The number of rotatable bonds is 10. The van der Waals surface area contributed by atoms with Gasteiger partial charge in [-0.3, -0.25) is 5.32 Å². The summed E-state index contributed by atoms with van der Waals surface area (Å²) < 4.78 is 37.6. The van der Waals surface area contributed by atoms with Crippen LogP contribution >= 0.6 is 11.6 Å². The number of hydrogen-bond donors (Lipinski definition) is 2. The van der Waals surface area contributed by atoms with E-state index in [1.54, 1.807) is 24.3 Å². The maximum atomic E-state index is 13.2. The van der Waals surface area contributed by atoms with Gasteiger partial charge in [0.25, 0.3) is 0 Å². The molecule has 0 radical (unpaired) electrons. The average Bonchev–Trinajstić information content (AvgIpc) is 2.86. The number of sulfone groups is 1. The van der Waals surface area contributed by atoms with Crippen molar-refractivity contribution in [2.24, 2.45) is 0 Å². The summed E-state index contributed by atoms with van der Waals surface area (Å²) >= 11 is 5.91. The standard InChI is InChI=1S/C27H32ClN3O5S/c1-5-31(6-2)20-15-18(3)26(24(16-20)35-4)30-27(32)36-25(22-9-7-8-10-23(22)29)17-37(33,34)21-13-11-19(28)12-14-21/h7-16,25H,5-6,17,29H2,1-4H3,(H,30,32). The fourth-order valence-electron chi connectivity index (χ4n) is 4.02. The normalized spacial score (nSPS) is 12.0. The van der Waals surface area contributed by atoms with E-state index in [-0.39, 0.29) is 4.90 Å². The van der Waals surface area contributed by atoms with Crippen LogP contribution in [0.1, 0.15) is 31.1 Å². The maximum Gasteiger partial charge on any atom is 0.412 e. The van der Waals surface area contributed by atoms with Crippen LogP contribution in [-0.4, -0.2) is 40.5 Å². The molecule has 198 valence electrons. The van der Waals surface area contributed by atoms with Gasteiger partial charge in [0.2, 0.25) is 0 Å². The highest BCUT2D eigenvalue weighted by Crippen LogP contribution is 2.35. The van der Waals surface area contributed by atoms with Gasteiger partial charge in [0.05, 0.1) is 23.4 Å². The van der Waals surface area contributed by atoms with E-state index in [0.29, 0.717) is 27.7 Å². The number of carbonyl (C=O) groups is 1. The number of benzene rings is 3. The number of carbonyl (C=O) groups excluding carboxylic acids is 1. The highest BCUT2D eigenvalue weighted by molar-refractivity contribution is 7.91. The van der Waals surface area contributed by atoms with Gasteiger partial charge < -0.3 is 20.1 Å². The fraction of sp³-hybridized carbons (Fsp3) is 0.296. The van der Waals surface area contributed by atoms with Gasteiger partial charge >= 0.3 is 6.09 Å². The summed E-state index contributed by atoms with van der Waals surface area (Å²) in [6, 6.07) is 16.3. The molecule has 0 aromatic heterocycles. The number of amides is 1. The number of halogens is 1. The molecule has 0 fully saturated rings. The molecule has 0 aliphatic heterocycles.